The molecular formula is C20H28N4O2. The van der Waals surface area contributed by atoms with Gasteiger partial charge >= 0.3 is 0 Å². The summed E-state index contributed by atoms with van der Waals surface area (Å²) >= 11 is 0. The molecule has 0 saturated carbocycles. The third-order valence-corrected chi connectivity index (χ3v) is 4.08. The van der Waals surface area contributed by atoms with Crippen molar-refractivity contribution < 1.29 is 9.47 Å². The van der Waals surface area contributed by atoms with Gasteiger partial charge in [-0.05, 0) is 36.2 Å². The number of aliphatic imine (C=N–C) groups is 1. The van der Waals surface area contributed by atoms with Crippen LogP contribution in [-0.4, -0.2) is 46.9 Å². The minimum absolute atomic E-state index is 0.465. The molecule has 0 unspecified atom stereocenters. The molecule has 2 aromatic rings. The molecule has 0 heterocycles. The maximum Gasteiger partial charge on any atom is 0.188 e. The van der Waals surface area contributed by atoms with Crippen LogP contribution in [0.1, 0.15) is 5.56 Å². The van der Waals surface area contributed by atoms with Gasteiger partial charge in [-0.3, -0.25) is 4.99 Å². The van der Waals surface area contributed by atoms with Gasteiger partial charge in [-0.2, -0.15) is 0 Å². The van der Waals surface area contributed by atoms with E-state index >= 15 is 0 Å². The summed E-state index contributed by atoms with van der Waals surface area (Å²) in [6.07, 6.45) is 0.784. The van der Waals surface area contributed by atoms with Crippen molar-refractivity contribution in [1.82, 2.24) is 5.32 Å². The fraction of sp³-hybridized carbons (Fsp3) is 0.350. The second-order valence-electron chi connectivity index (χ2n) is 5.89. The number of benzene rings is 2. The number of methoxy groups -OCH3 is 2. The summed E-state index contributed by atoms with van der Waals surface area (Å²) < 4.78 is 10.6. The second kappa shape index (κ2) is 10.2. The Morgan fingerprint density at radius 3 is 2.50 bits per heavy atom. The molecule has 2 aromatic carbocycles. The zero-order valence-corrected chi connectivity index (χ0v) is 15.7. The Hall–Kier alpha value is -2.89. The topological polar surface area (TPSA) is 72.1 Å². The average Bonchev–Trinajstić information content (AvgIpc) is 2.68. The molecule has 0 amide bonds. The first kappa shape index (κ1) is 19.4. The maximum absolute atomic E-state index is 5.94. The predicted molar refractivity (Wildman–Crippen MR) is 107 cm³/mol. The molecule has 3 N–H and O–H groups in total. The van der Waals surface area contributed by atoms with E-state index in [-0.39, 0.29) is 0 Å². The van der Waals surface area contributed by atoms with Crippen LogP contribution in [0, 0.1) is 0 Å². The molecule has 2 rings (SSSR count). The van der Waals surface area contributed by atoms with Crippen LogP contribution in [0.25, 0.3) is 0 Å². The molecule has 0 fully saturated rings. The largest absolute Gasteiger partial charge is 0.493 e. The van der Waals surface area contributed by atoms with Crippen LogP contribution >= 0.6 is 0 Å². The number of anilines is 1. The summed E-state index contributed by atoms with van der Waals surface area (Å²) in [7, 11) is 5.32. The Labute approximate surface area is 155 Å². The summed E-state index contributed by atoms with van der Waals surface area (Å²) in [5.74, 6) is 1.92. The molecule has 0 bridgehead atoms. The van der Waals surface area contributed by atoms with E-state index in [1.807, 2.05) is 36.4 Å². The van der Waals surface area contributed by atoms with E-state index in [0.717, 1.165) is 36.6 Å². The summed E-state index contributed by atoms with van der Waals surface area (Å²) in [4.78, 5) is 6.55. The van der Waals surface area contributed by atoms with E-state index in [4.69, 9.17) is 15.2 Å². The van der Waals surface area contributed by atoms with Crippen molar-refractivity contribution in [3.8, 4) is 11.5 Å². The first-order chi connectivity index (χ1) is 12.6. The normalized spacial score (nSPS) is 11.1. The van der Waals surface area contributed by atoms with Crippen molar-refractivity contribution in [2.75, 3.05) is 45.8 Å². The highest BCUT2D eigenvalue weighted by molar-refractivity contribution is 5.77. The molecule has 0 spiro atoms. The third-order valence-electron chi connectivity index (χ3n) is 4.08. The summed E-state index contributed by atoms with van der Waals surface area (Å²) in [5.41, 5.74) is 8.25. The fourth-order valence-corrected chi connectivity index (χ4v) is 2.56. The Kier molecular flexibility index (Phi) is 7.61. The molecule has 0 aromatic heterocycles. The van der Waals surface area contributed by atoms with Gasteiger partial charge in [-0.25, -0.2) is 0 Å². The lowest BCUT2D eigenvalue weighted by molar-refractivity contribution is 0.354. The van der Waals surface area contributed by atoms with Gasteiger partial charge in [0, 0.05) is 32.4 Å². The van der Waals surface area contributed by atoms with Crippen LogP contribution in [0.3, 0.4) is 0 Å². The number of hydrogen-bond donors (Lipinski definition) is 2. The summed E-state index contributed by atoms with van der Waals surface area (Å²) in [6, 6.07) is 16.1. The van der Waals surface area contributed by atoms with Crippen molar-refractivity contribution in [1.29, 1.82) is 0 Å². The van der Waals surface area contributed by atoms with Crippen LogP contribution in [0.5, 0.6) is 11.5 Å². The van der Waals surface area contributed by atoms with Crippen LogP contribution in [-0.2, 0) is 6.42 Å². The zero-order chi connectivity index (χ0) is 18.8. The molecule has 140 valence electrons. The number of ether oxygens (including phenoxy) is 2. The minimum atomic E-state index is 0.465. The van der Waals surface area contributed by atoms with Gasteiger partial charge in [0.25, 0.3) is 0 Å². The highest BCUT2D eigenvalue weighted by atomic mass is 16.5. The quantitative estimate of drug-likeness (QED) is 0.533. The Balaban J connectivity index is 1.74. The predicted octanol–water partition coefficient (Wildman–Crippen LogP) is 2.29. The SMILES string of the molecule is COc1ccc(CCN=C(N)NCCN(C)c2ccccc2)cc1OC. The monoisotopic (exact) mass is 356 g/mol. The summed E-state index contributed by atoms with van der Waals surface area (Å²) in [5, 5.41) is 3.15. The molecule has 6 heteroatoms. The number of para-hydroxylation sites is 1. The number of nitrogens with one attached hydrogen (secondary N) is 1. The van der Waals surface area contributed by atoms with Gasteiger partial charge in [0.15, 0.2) is 17.5 Å². The number of rotatable bonds is 9. The number of hydrogen-bond acceptors (Lipinski definition) is 4. The molecule has 0 radical (unpaired) electrons. The van der Waals surface area contributed by atoms with E-state index in [2.05, 4.69) is 34.4 Å². The fourth-order valence-electron chi connectivity index (χ4n) is 2.56. The van der Waals surface area contributed by atoms with Gasteiger partial charge in [0.05, 0.1) is 14.2 Å². The number of likely N-dealkylation sites (N-methyl/N-ethyl adjacent to an activating group) is 1. The molecule has 0 aliphatic rings. The van der Waals surface area contributed by atoms with E-state index < -0.39 is 0 Å². The number of guanidine groups is 1. The van der Waals surface area contributed by atoms with Gasteiger partial charge in [-0.15, -0.1) is 0 Å². The minimum Gasteiger partial charge on any atom is -0.493 e. The van der Waals surface area contributed by atoms with Crippen molar-refractivity contribution in [2.45, 2.75) is 6.42 Å². The van der Waals surface area contributed by atoms with Gasteiger partial charge in [0.2, 0.25) is 0 Å². The first-order valence-electron chi connectivity index (χ1n) is 8.65. The highest BCUT2D eigenvalue weighted by Crippen LogP contribution is 2.27. The van der Waals surface area contributed by atoms with Gasteiger partial charge in [0.1, 0.15) is 0 Å². The molecular weight excluding hydrogens is 328 g/mol. The maximum atomic E-state index is 5.94. The molecule has 0 saturated heterocycles. The standard InChI is InChI=1S/C20H28N4O2/c1-24(17-7-5-4-6-8-17)14-13-23-20(21)22-12-11-16-9-10-18(25-2)19(15-16)26-3/h4-10,15H,11-14H2,1-3H3,(H3,21,22,23). The first-order valence-corrected chi connectivity index (χ1v) is 8.65. The van der Waals surface area contributed by atoms with E-state index in [9.17, 15) is 0 Å². The van der Waals surface area contributed by atoms with Crippen LogP contribution in [0.2, 0.25) is 0 Å². The number of nitrogens with zero attached hydrogens (tertiary/aromatic N) is 2. The molecule has 0 atom stereocenters. The van der Waals surface area contributed by atoms with Crippen LogP contribution < -0.4 is 25.4 Å². The van der Waals surface area contributed by atoms with Gasteiger partial charge < -0.3 is 25.4 Å². The van der Waals surface area contributed by atoms with Crippen molar-refractivity contribution in [2.24, 2.45) is 10.7 Å². The van der Waals surface area contributed by atoms with Crippen LogP contribution in [0.15, 0.2) is 53.5 Å². The lowest BCUT2D eigenvalue weighted by Crippen LogP contribution is -2.37. The highest BCUT2D eigenvalue weighted by Gasteiger charge is 2.04. The van der Waals surface area contributed by atoms with Crippen molar-refractivity contribution >= 4 is 11.6 Å². The van der Waals surface area contributed by atoms with E-state index in [0.29, 0.717) is 12.5 Å². The lowest BCUT2D eigenvalue weighted by Gasteiger charge is -2.19. The summed E-state index contributed by atoms with van der Waals surface area (Å²) in [6.45, 7) is 2.19. The van der Waals surface area contributed by atoms with Crippen molar-refractivity contribution in [3.63, 3.8) is 0 Å². The Morgan fingerprint density at radius 2 is 1.81 bits per heavy atom. The average molecular weight is 356 g/mol. The van der Waals surface area contributed by atoms with Crippen molar-refractivity contribution in [3.05, 3.63) is 54.1 Å². The van der Waals surface area contributed by atoms with Crippen LogP contribution in [0.4, 0.5) is 5.69 Å². The second-order valence-corrected chi connectivity index (χ2v) is 5.89. The van der Waals surface area contributed by atoms with Gasteiger partial charge in [-0.1, -0.05) is 24.3 Å². The van der Waals surface area contributed by atoms with E-state index in [1.54, 1.807) is 14.2 Å². The Bertz CT molecular complexity index is 704. The van der Waals surface area contributed by atoms with E-state index in [1.165, 1.54) is 5.69 Å². The molecule has 26 heavy (non-hydrogen) atoms. The zero-order valence-electron chi connectivity index (χ0n) is 15.7. The molecule has 0 aliphatic carbocycles. The lowest BCUT2D eigenvalue weighted by atomic mass is 10.1. The molecule has 6 nitrogen and oxygen atoms in total. The Morgan fingerprint density at radius 1 is 1.08 bits per heavy atom. The molecule has 0 aliphatic heterocycles. The third kappa shape index (κ3) is 5.88. The number of nitrogens with two attached hydrogens (primary N) is 1. The smallest absolute Gasteiger partial charge is 0.188 e.